The van der Waals surface area contributed by atoms with Crippen molar-refractivity contribution in [2.24, 2.45) is 11.0 Å². The van der Waals surface area contributed by atoms with Crippen LogP contribution in [0.4, 0.5) is 0 Å². The predicted molar refractivity (Wildman–Crippen MR) is 93.9 cm³/mol. The molecule has 0 aromatic heterocycles. The highest BCUT2D eigenvalue weighted by Gasteiger charge is 2.38. The fraction of sp³-hybridized carbons (Fsp3) is 0.533. The van der Waals surface area contributed by atoms with E-state index in [0.717, 1.165) is 45.5 Å². The average molecular weight is 433 g/mol. The predicted octanol–water partition coefficient (Wildman–Crippen LogP) is 3.18. The maximum absolute atomic E-state index is 5.64. The zero-order valence-electron chi connectivity index (χ0n) is 12.8. The fourth-order valence-corrected chi connectivity index (χ4v) is 4.86. The zero-order chi connectivity index (χ0) is 15.9. The van der Waals surface area contributed by atoms with Gasteiger partial charge in [-0.3, -0.25) is 0 Å². The molecule has 0 radical (unpaired) electrons. The maximum Gasteiger partial charge on any atom is 0.151 e. The van der Waals surface area contributed by atoms with Crippen LogP contribution in [0.25, 0.3) is 0 Å². The zero-order valence-corrected chi connectivity index (χ0v) is 16.0. The molecule has 1 N–H and O–H groups in total. The number of nitrogens with zero attached hydrogens (tertiary/aromatic N) is 2. The SMILES string of the molecule is COc1c(Br)cc(C2NN=C3CCN(C)CC32)c(OC)c1Br. The third kappa shape index (κ3) is 2.63. The number of ether oxygens (including phenoxy) is 2. The summed E-state index contributed by atoms with van der Waals surface area (Å²) in [4.78, 5) is 2.35. The van der Waals surface area contributed by atoms with E-state index in [1.807, 2.05) is 0 Å². The maximum atomic E-state index is 5.64. The number of methoxy groups -OCH3 is 2. The molecule has 2 unspecified atom stereocenters. The number of rotatable bonds is 3. The van der Waals surface area contributed by atoms with Gasteiger partial charge in [-0.2, -0.15) is 5.10 Å². The number of fused-ring (bicyclic) bond motifs is 1. The van der Waals surface area contributed by atoms with Gasteiger partial charge in [-0.25, -0.2) is 0 Å². The summed E-state index contributed by atoms with van der Waals surface area (Å²) in [5.41, 5.74) is 5.64. The topological polar surface area (TPSA) is 46.1 Å². The van der Waals surface area contributed by atoms with Crippen LogP contribution in [0.1, 0.15) is 18.0 Å². The quantitative estimate of drug-likeness (QED) is 0.796. The van der Waals surface area contributed by atoms with Gasteiger partial charge >= 0.3 is 0 Å². The molecule has 1 fully saturated rings. The summed E-state index contributed by atoms with van der Waals surface area (Å²) >= 11 is 7.18. The monoisotopic (exact) mass is 431 g/mol. The Morgan fingerprint density at radius 2 is 2.00 bits per heavy atom. The molecule has 2 heterocycles. The number of nitrogens with one attached hydrogen (secondary N) is 1. The first-order chi connectivity index (χ1) is 10.6. The number of likely N-dealkylation sites (tertiary alicyclic amines) is 1. The number of hydrogen-bond acceptors (Lipinski definition) is 5. The fourth-order valence-electron chi connectivity index (χ4n) is 3.22. The third-order valence-electron chi connectivity index (χ3n) is 4.34. The molecule has 2 atom stereocenters. The van der Waals surface area contributed by atoms with Gasteiger partial charge in [0.15, 0.2) is 5.75 Å². The molecule has 2 aliphatic rings. The summed E-state index contributed by atoms with van der Waals surface area (Å²) in [6.07, 6.45) is 1.02. The average Bonchev–Trinajstić information content (AvgIpc) is 2.90. The number of hydrazone groups is 1. The first-order valence-electron chi connectivity index (χ1n) is 7.17. The Morgan fingerprint density at radius 3 is 2.68 bits per heavy atom. The van der Waals surface area contributed by atoms with Gasteiger partial charge < -0.3 is 19.8 Å². The van der Waals surface area contributed by atoms with Crippen LogP contribution in [0, 0.1) is 5.92 Å². The van der Waals surface area contributed by atoms with E-state index in [9.17, 15) is 0 Å². The Bertz CT molecular complexity index is 621. The van der Waals surface area contributed by atoms with Crippen LogP contribution >= 0.6 is 31.9 Å². The molecule has 0 amide bonds. The van der Waals surface area contributed by atoms with Gasteiger partial charge in [-0.05, 0) is 45.0 Å². The van der Waals surface area contributed by atoms with E-state index in [4.69, 9.17) is 9.47 Å². The van der Waals surface area contributed by atoms with E-state index in [1.54, 1.807) is 14.2 Å². The summed E-state index contributed by atoms with van der Waals surface area (Å²) in [7, 11) is 5.49. The lowest BCUT2D eigenvalue weighted by Gasteiger charge is -2.31. The van der Waals surface area contributed by atoms with Gasteiger partial charge in [0.2, 0.25) is 0 Å². The Hall–Kier alpha value is -0.790. The highest BCUT2D eigenvalue weighted by Crippen LogP contribution is 2.47. The number of benzene rings is 1. The molecule has 0 bridgehead atoms. The molecular weight excluding hydrogens is 414 g/mol. The Balaban J connectivity index is 2.02. The van der Waals surface area contributed by atoms with E-state index >= 15 is 0 Å². The van der Waals surface area contributed by atoms with Crippen molar-refractivity contribution < 1.29 is 9.47 Å². The second-order valence-electron chi connectivity index (χ2n) is 5.66. The van der Waals surface area contributed by atoms with Crippen molar-refractivity contribution in [3.63, 3.8) is 0 Å². The molecule has 1 aromatic carbocycles. The molecule has 0 saturated carbocycles. The lowest BCUT2D eigenvalue weighted by atomic mass is 9.86. The second-order valence-corrected chi connectivity index (χ2v) is 7.30. The smallest absolute Gasteiger partial charge is 0.151 e. The van der Waals surface area contributed by atoms with Crippen LogP contribution in [-0.4, -0.2) is 45.0 Å². The van der Waals surface area contributed by atoms with Gasteiger partial charge in [-0.15, -0.1) is 0 Å². The highest BCUT2D eigenvalue weighted by atomic mass is 79.9. The molecule has 2 aliphatic heterocycles. The Labute approximate surface area is 147 Å². The number of hydrogen-bond donors (Lipinski definition) is 1. The van der Waals surface area contributed by atoms with Crippen LogP contribution in [0.2, 0.25) is 0 Å². The third-order valence-corrected chi connectivity index (χ3v) is 5.65. The summed E-state index contributed by atoms with van der Waals surface area (Å²) in [6.45, 7) is 2.07. The summed E-state index contributed by atoms with van der Waals surface area (Å²) in [6, 6.07) is 2.18. The van der Waals surface area contributed by atoms with Crippen molar-refractivity contribution in [3.8, 4) is 11.5 Å². The van der Waals surface area contributed by atoms with Gasteiger partial charge in [-0.1, -0.05) is 0 Å². The molecule has 3 rings (SSSR count). The number of halogens is 2. The standard InChI is InChI=1S/C15H19Br2N3O2/c1-20-5-4-11-9(7-20)13(19-18-11)8-6-10(16)15(22-3)12(17)14(8)21-2/h6,9,13,19H,4-5,7H2,1-3H3. The van der Waals surface area contributed by atoms with E-state index in [-0.39, 0.29) is 6.04 Å². The van der Waals surface area contributed by atoms with E-state index in [2.05, 4.69) is 60.4 Å². The molecule has 1 aromatic rings. The molecule has 7 heteroatoms. The lowest BCUT2D eigenvalue weighted by molar-refractivity contribution is 0.269. The minimum Gasteiger partial charge on any atom is -0.495 e. The summed E-state index contributed by atoms with van der Waals surface area (Å²) in [5, 5.41) is 4.55. The molecule has 1 saturated heterocycles. The Morgan fingerprint density at radius 1 is 1.27 bits per heavy atom. The van der Waals surface area contributed by atoms with Crippen molar-refractivity contribution in [1.82, 2.24) is 10.3 Å². The first kappa shape index (κ1) is 16.1. The molecule has 120 valence electrons. The molecule has 5 nitrogen and oxygen atoms in total. The van der Waals surface area contributed by atoms with Crippen LogP contribution in [0.15, 0.2) is 20.1 Å². The second kappa shape index (κ2) is 6.37. The molecule has 22 heavy (non-hydrogen) atoms. The van der Waals surface area contributed by atoms with Crippen molar-refractivity contribution in [1.29, 1.82) is 0 Å². The van der Waals surface area contributed by atoms with Crippen molar-refractivity contribution in [2.45, 2.75) is 12.5 Å². The molecular formula is C15H19Br2N3O2. The first-order valence-corrected chi connectivity index (χ1v) is 8.75. The van der Waals surface area contributed by atoms with Crippen molar-refractivity contribution in [3.05, 3.63) is 20.6 Å². The highest BCUT2D eigenvalue weighted by molar-refractivity contribution is 9.11. The largest absolute Gasteiger partial charge is 0.495 e. The summed E-state index contributed by atoms with van der Waals surface area (Å²) < 4.78 is 12.8. The Kier molecular flexibility index (Phi) is 4.66. The van der Waals surface area contributed by atoms with Crippen LogP contribution in [0.3, 0.4) is 0 Å². The normalized spacial score (nSPS) is 24.5. The molecule has 0 aliphatic carbocycles. The van der Waals surface area contributed by atoms with E-state index < -0.39 is 0 Å². The summed E-state index contributed by atoms with van der Waals surface area (Å²) in [5.74, 6) is 1.91. The number of piperidine rings is 1. The van der Waals surface area contributed by atoms with Gasteiger partial charge in [0.1, 0.15) is 10.2 Å². The van der Waals surface area contributed by atoms with E-state index in [0.29, 0.717) is 5.92 Å². The van der Waals surface area contributed by atoms with Crippen molar-refractivity contribution >= 4 is 37.6 Å². The minimum atomic E-state index is 0.117. The van der Waals surface area contributed by atoms with Gasteiger partial charge in [0, 0.05) is 36.7 Å². The van der Waals surface area contributed by atoms with E-state index in [1.165, 1.54) is 5.71 Å². The molecule has 0 spiro atoms. The van der Waals surface area contributed by atoms with Crippen LogP contribution < -0.4 is 14.9 Å². The van der Waals surface area contributed by atoms with Crippen molar-refractivity contribution in [2.75, 3.05) is 34.4 Å². The van der Waals surface area contributed by atoms with Gasteiger partial charge in [0.05, 0.1) is 24.7 Å². The minimum absolute atomic E-state index is 0.117. The van der Waals surface area contributed by atoms with Gasteiger partial charge in [0.25, 0.3) is 0 Å². The van der Waals surface area contributed by atoms with Crippen LogP contribution in [-0.2, 0) is 0 Å². The lowest BCUT2D eigenvalue weighted by Crippen LogP contribution is -2.39. The van der Waals surface area contributed by atoms with Crippen LogP contribution in [0.5, 0.6) is 11.5 Å².